The zero-order chi connectivity index (χ0) is 17.1. The lowest BCUT2D eigenvalue weighted by Gasteiger charge is -2.03. The third-order valence-corrected chi connectivity index (χ3v) is 4.13. The largest absolute Gasteiger partial charge is 0.399 e. The summed E-state index contributed by atoms with van der Waals surface area (Å²) < 4.78 is 0. The number of rotatable bonds is 4. The van der Waals surface area contributed by atoms with Crippen LogP contribution < -0.4 is 11.1 Å². The molecule has 4 N–H and O–H groups in total. The number of hydrogen-bond donors (Lipinski definition) is 3. The van der Waals surface area contributed by atoms with E-state index in [0.29, 0.717) is 38.5 Å². The molecule has 8 heteroatoms. The maximum Gasteiger partial charge on any atom is 0.251 e. The van der Waals surface area contributed by atoms with E-state index in [0.717, 1.165) is 0 Å². The molecule has 122 valence electrons. The molecule has 0 saturated carbocycles. The standard InChI is InChI=1S/C16H13Cl2N5O/c17-12-3-1-2-11(14(12)18)15-21-13(22-23-15)8-20-16(24)9-4-6-10(19)7-5-9/h1-7H,8,19H2,(H,20,24)(H,21,22,23). The molecule has 3 rings (SSSR count). The number of carbonyl (C=O) groups is 1. The average Bonchev–Trinajstić information content (AvgIpc) is 3.04. The minimum atomic E-state index is -0.228. The molecule has 0 aliphatic heterocycles. The van der Waals surface area contributed by atoms with Crippen molar-refractivity contribution in [2.75, 3.05) is 5.73 Å². The fourth-order valence-electron chi connectivity index (χ4n) is 2.07. The van der Waals surface area contributed by atoms with Crippen molar-refractivity contribution < 1.29 is 4.79 Å². The van der Waals surface area contributed by atoms with Crippen LogP contribution in [0, 0.1) is 0 Å². The Labute approximate surface area is 148 Å². The molecule has 0 fully saturated rings. The Kier molecular flexibility index (Phi) is 4.69. The van der Waals surface area contributed by atoms with Crippen LogP contribution in [0.4, 0.5) is 5.69 Å². The highest BCUT2D eigenvalue weighted by Gasteiger charge is 2.12. The first kappa shape index (κ1) is 16.3. The summed E-state index contributed by atoms with van der Waals surface area (Å²) in [6, 6.07) is 11.9. The normalized spacial score (nSPS) is 10.6. The summed E-state index contributed by atoms with van der Waals surface area (Å²) >= 11 is 12.1. The number of carbonyl (C=O) groups excluding carboxylic acids is 1. The van der Waals surface area contributed by atoms with Crippen molar-refractivity contribution in [1.82, 2.24) is 20.5 Å². The van der Waals surface area contributed by atoms with E-state index < -0.39 is 0 Å². The molecule has 0 aliphatic carbocycles. The number of hydrogen-bond acceptors (Lipinski definition) is 4. The van der Waals surface area contributed by atoms with Gasteiger partial charge in [0.05, 0.1) is 16.6 Å². The number of nitrogens with two attached hydrogens (primary N) is 1. The van der Waals surface area contributed by atoms with E-state index in [-0.39, 0.29) is 12.5 Å². The van der Waals surface area contributed by atoms with Gasteiger partial charge in [-0.05, 0) is 36.4 Å². The van der Waals surface area contributed by atoms with E-state index in [1.165, 1.54) is 0 Å². The molecule has 0 spiro atoms. The molecule has 2 aromatic carbocycles. The number of aromatic amines is 1. The van der Waals surface area contributed by atoms with E-state index in [2.05, 4.69) is 20.5 Å². The molecule has 0 radical (unpaired) electrons. The smallest absolute Gasteiger partial charge is 0.251 e. The van der Waals surface area contributed by atoms with Gasteiger partial charge in [0.25, 0.3) is 5.91 Å². The number of nitrogens with one attached hydrogen (secondary N) is 2. The van der Waals surface area contributed by atoms with Gasteiger partial charge in [-0.3, -0.25) is 9.89 Å². The van der Waals surface area contributed by atoms with Crippen molar-refractivity contribution in [3.63, 3.8) is 0 Å². The topological polar surface area (TPSA) is 96.7 Å². The number of H-pyrrole nitrogens is 1. The molecular weight excluding hydrogens is 349 g/mol. The Bertz CT molecular complexity index is 876. The first-order valence-electron chi connectivity index (χ1n) is 7.04. The molecule has 0 aliphatic rings. The van der Waals surface area contributed by atoms with Gasteiger partial charge in [0.15, 0.2) is 5.82 Å². The van der Waals surface area contributed by atoms with Crippen LogP contribution in [-0.2, 0) is 6.54 Å². The first-order chi connectivity index (χ1) is 11.5. The summed E-state index contributed by atoms with van der Waals surface area (Å²) in [5.41, 5.74) is 7.34. The number of amides is 1. The predicted octanol–water partition coefficient (Wildman–Crippen LogP) is 3.29. The van der Waals surface area contributed by atoms with Crippen LogP contribution in [-0.4, -0.2) is 21.1 Å². The van der Waals surface area contributed by atoms with Gasteiger partial charge in [-0.25, -0.2) is 4.98 Å². The highest BCUT2D eigenvalue weighted by atomic mass is 35.5. The Morgan fingerprint density at radius 3 is 2.67 bits per heavy atom. The van der Waals surface area contributed by atoms with E-state index in [1.807, 2.05) is 0 Å². The number of aromatic nitrogens is 3. The quantitative estimate of drug-likeness (QED) is 0.621. The number of benzene rings is 2. The Hall–Kier alpha value is -2.57. The van der Waals surface area contributed by atoms with Crippen LogP contribution >= 0.6 is 23.2 Å². The lowest BCUT2D eigenvalue weighted by molar-refractivity contribution is 0.0950. The van der Waals surface area contributed by atoms with Crippen LogP contribution in [0.5, 0.6) is 0 Å². The van der Waals surface area contributed by atoms with Crippen molar-refractivity contribution in [1.29, 1.82) is 0 Å². The minimum absolute atomic E-state index is 0.203. The van der Waals surface area contributed by atoms with Gasteiger partial charge in [-0.15, -0.1) is 0 Å². The van der Waals surface area contributed by atoms with Crippen LogP contribution in [0.1, 0.15) is 16.2 Å². The van der Waals surface area contributed by atoms with Crippen LogP contribution in [0.2, 0.25) is 10.0 Å². The molecule has 0 saturated heterocycles. The summed E-state index contributed by atoms with van der Waals surface area (Å²) in [7, 11) is 0. The van der Waals surface area contributed by atoms with Gasteiger partial charge >= 0.3 is 0 Å². The summed E-state index contributed by atoms with van der Waals surface area (Å²) in [6.45, 7) is 0.203. The Morgan fingerprint density at radius 2 is 1.92 bits per heavy atom. The van der Waals surface area contributed by atoms with Gasteiger partial charge < -0.3 is 11.1 Å². The van der Waals surface area contributed by atoms with Gasteiger partial charge in [0.2, 0.25) is 0 Å². The summed E-state index contributed by atoms with van der Waals surface area (Å²) in [6.07, 6.45) is 0. The van der Waals surface area contributed by atoms with E-state index in [1.54, 1.807) is 42.5 Å². The fraction of sp³-hybridized carbons (Fsp3) is 0.0625. The van der Waals surface area contributed by atoms with Gasteiger partial charge in [-0.1, -0.05) is 29.3 Å². The highest BCUT2D eigenvalue weighted by molar-refractivity contribution is 6.43. The second-order valence-electron chi connectivity index (χ2n) is 5.01. The third kappa shape index (κ3) is 3.50. The second kappa shape index (κ2) is 6.90. The zero-order valence-corrected chi connectivity index (χ0v) is 13.9. The van der Waals surface area contributed by atoms with Gasteiger partial charge in [0.1, 0.15) is 5.82 Å². The summed E-state index contributed by atoms with van der Waals surface area (Å²) in [5, 5.41) is 10.4. The maximum atomic E-state index is 12.1. The molecule has 1 aromatic heterocycles. The summed E-state index contributed by atoms with van der Waals surface area (Å²) in [5.74, 6) is 0.692. The molecule has 6 nitrogen and oxygen atoms in total. The lowest BCUT2D eigenvalue weighted by atomic mass is 10.2. The van der Waals surface area contributed by atoms with Gasteiger partial charge in [0, 0.05) is 16.8 Å². The Morgan fingerprint density at radius 1 is 1.17 bits per heavy atom. The highest BCUT2D eigenvalue weighted by Crippen LogP contribution is 2.31. The molecule has 0 atom stereocenters. The molecule has 0 bridgehead atoms. The second-order valence-corrected chi connectivity index (χ2v) is 5.80. The number of nitrogen functional groups attached to an aromatic ring is 1. The monoisotopic (exact) mass is 361 g/mol. The molecule has 1 amide bonds. The van der Waals surface area contributed by atoms with Crippen LogP contribution in [0.3, 0.4) is 0 Å². The van der Waals surface area contributed by atoms with Crippen molar-refractivity contribution in [2.45, 2.75) is 6.54 Å². The van der Waals surface area contributed by atoms with Crippen molar-refractivity contribution in [3.05, 3.63) is 63.9 Å². The zero-order valence-electron chi connectivity index (χ0n) is 12.4. The minimum Gasteiger partial charge on any atom is -0.399 e. The molecular formula is C16H13Cl2N5O. The fourth-order valence-corrected chi connectivity index (χ4v) is 2.46. The maximum absolute atomic E-state index is 12.1. The molecule has 3 aromatic rings. The van der Waals surface area contributed by atoms with Crippen molar-refractivity contribution in [2.24, 2.45) is 0 Å². The first-order valence-corrected chi connectivity index (χ1v) is 7.79. The van der Waals surface area contributed by atoms with Crippen molar-refractivity contribution in [3.8, 4) is 11.4 Å². The van der Waals surface area contributed by atoms with E-state index in [9.17, 15) is 4.79 Å². The third-order valence-electron chi connectivity index (χ3n) is 3.31. The van der Waals surface area contributed by atoms with Gasteiger partial charge in [-0.2, -0.15) is 5.10 Å². The number of halogens is 2. The molecule has 1 heterocycles. The number of nitrogens with zero attached hydrogens (tertiary/aromatic N) is 2. The molecule has 24 heavy (non-hydrogen) atoms. The van der Waals surface area contributed by atoms with E-state index >= 15 is 0 Å². The van der Waals surface area contributed by atoms with Crippen LogP contribution in [0.15, 0.2) is 42.5 Å². The lowest BCUT2D eigenvalue weighted by Crippen LogP contribution is -2.23. The average molecular weight is 362 g/mol. The van der Waals surface area contributed by atoms with Crippen LogP contribution in [0.25, 0.3) is 11.4 Å². The molecule has 0 unspecified atom stereocenters. The number of anilines is 1. The van der Waals surface area contributed by atoms with E-state index in [4.69, 9.17) is 28.9 Å². The summed E-state index contributed by atoms with van der Waals surface area (Å²) in [4.78, 5) is 16.4. The Balaban J connectivity index is 1.69. The SMILES string of the molecule is Nc1ccc(C(=O)NCc2nc(-c3cccc(Cl)c3Cl)n[nH]2)cc1. The predicted molar refractivity (Wildman–Crippen MR) is 93.9 cm³/mol. The van der Waals surface area contributed by atoms with Crippen molar-refractivity contribution >= 4 is 34.8 Å².